The molecule has 4 nitrogen and oxygen atoms in total. The van der Waals surface area contributed by atoms with E-state index in [0.29, 0.717) is 18.1 Å². The van der Waals surface area contributed by atoms with Crippen LogP contribution < -0.4 is 10.6 Å². The molecule has 0 amide bonds. The van der Waals surface area contributed by atoms with Gasteiger partial charge in [0.1, 0.15) is 0 Å². The number of halogens is 4. The van der Waals surface area contributed by atoms with Gasteiger partial charge in [-0.25, -0.2) is 4.98 Å². The van der Waals surface area contributed by atoms with E-state index in [1.165, 1.54) is 6.07 Å². The molecule has 0 saturated carbocycles. The van der Waals surface area contributed by atoms with Crippen molar-refractivity contribution < 1.29 is 13.2 Å². The summed E-state index contributed by atoms with van der Waals surface area (Å²) in [5, 5.41) is 7.16. The lowest BCUT2D eigenvalue weighted by Crippen LogP contribution is -2.36. The summed E-state index contributed by atoms with van der Waals surface area (Å²) in [4.78, 5) is 9.54. The molecule has 0 atom stereocenters. The van der Waals surface area contributed by atoms with Crippen molar-refractivity contribution in [2.75, 3.05) is 7.05 Å². The van der Waals surface area contributed by atoms with Gasteiger partial charge >= 0.3 is 6.18 Å². The number of guanidine groups is 1. The smallest absolute Gasteiger partial charge is 0.352 e. The van der Waals surface area contributed by atoms with Gasteiger partial charge in [0.2, 0.25) is 0 Å². The summed E-state index contributed by atoms with van der Waals surface area (Å²) in [6, 6.07) is 5.24. The number of nitrogens with one attached hydrogen (secondary N) is 2. The monoisotopic (exact) mass is 484 g/mol. The molecule has 0 radical (unpaired) electrons. The zero-order chi connectivity index (χ0) is 17.7. The van der Waals surface area contributed by atoms with E-state index in [2.05, 4.69) is 20.6 Å². The van der Waals surface area contributed by atoms with Crippen molar-refractivity contribution in [2.24, 2.45) is 4.99 Å². The first-order valence-corrected chi connectivity index (χ1v) is 8.15. The molecule has 0 aliphatic carbocycles. The molecule has 2 N–H and O–H groups in total. The summed E-state index contributed by atoms with van der Waals surface area (Å²) in [6.45, 7) is 4.71. The highest BCUT2D eigenvalue weighted by Crippen LogP contribution is 2.29. The molecule has 0 saturated heterocycles. The van der Waals surface area contributed by atoms with Crippen LogP contribution >= 0.6 is 35.3 Å². The molecule has 9 heteroatoms. The van der Waals surface area contributed by atoms with Gasteiger partial charge in [-0.1, -0.05) is 12.1 Å². The zero-order valence-corrected chi connectivity index (χ0v) is 17.2. The maximum Gasteiger partial charge on any atom is 0.416 e. The molecule has 1 heterocycles. The van der Waals surface area contributed by atoms with Crippen LogP contribution in [0.4, 0.5) is 13.2 Å². The Hall–Kier alpha value is -1.36. The molecule has 1 aromatic heterocycles. The van der Waals surface area contributed by atoms with Gasteiger partial charge < -0.3 is 10.6 Å². The highest BCUT2D eigenvalue weighted by atomic mass is 127. The Bertz CT molecular complexity index is 728. The first kappa shape index (κ1) is 21.7. The standard InChI is InChI=1S/C16H19F3N4S.HI/c1-10-14(24-11(2)23-10)9-22-15(20-3)21-8-12-5-4-6-13(7-12)16(17,18)19;/h4-7H,8-9H2,1-3H3,(H2,20,21,22);1H. The van der Waals surface area contributed by atoms with Crippen molar-refractivity contribution in [1.29, 1.82) is 0 Å². The lowest BCUT2D eigenvalue weighted by molar-refractivity contribution is -0.137. The van der Waals surface area contributed by atoms with Crippen LogP contribution in [-0.4, -0.2) is 18.0 Å². The molecule has 2 rings (SSSR count). The van der Waals surface area contributed by atoms with Crippen molar-refractivity contribution in [3.05, 3.63) is 51.0 Å². The predicted molar refractivity (Wildman–Crippen MR) is 105 cm³/mol. The lowest BCUT2D eigenvalue weighted by atomic mass is 10.1. The summed E-state index contributed by atoms with van der Waals surface area (Å²) in [5.74, 6) is 0.526. The van der Waals surface area contributed by atoms with Gasteiger partial charge in [-0.3, -0.25) is 4.99 Å². The molecule has 0 aliphatic rings. The summed E-state index contributed by atoms with van der Waals surface area (Å²) in [7, 11) is 1.62. The SMILES string of the molecule is CN=C(NCc1cccc(C(F)(F)F)c1)NCc1sc(C)nc1C.I. The zero-order valence-electron chi connectivity index (χ0n) is 14.1. The van der Waals surface area contributed by atoms with Gasteiger partial charge in [0.25, 0.3) is 0 Å². The molecule has 1 aromatic carbocycles. The molecule has 2 aromatic rings. The number of aliphatic imine (C=N–C) groups is 1. The van der Waals surface area contributed by atoms with E-state index < -0.39 is 11.7 Å². The van der Waals surface area contributed by atoms with Gasteiger partial charge in [0.05, 0.1) is 22.8 Å². The first-order chi connectivity index (χ1) is 11.3. The average molecular weight is 484 g/mol. The quantitative estimate of drug-likeness (QED) is 0.388. The van der Waals surface area contributed by atoms with Crippen LogP contribution in [0, 0.1) is 13.8 Å². The number of hydrogen-bond donors (Lipinski definition) is 2. The van der Waals surface area contributed by atoms with Crippen molar-refractivity contribution in [2.45, 2.75) is 33.1 Å². The Morgan fingerprint density at radius 1 is 1.20 bits per heavy atom. The fourth-order valence-electron chi connectivity index (χ4n) is 2.17. The maximum absolute atomic E-state index is 12.7. The topological polar surface area (TPSA) is 49.3 Å². The fraction of sp³-hybridized carbons (Fsp3) is 0.375. The lowest BCUT2D eigenvalue weighted by Gasteiger charge is -2.13. The number of aryl methyl sites for hydroxylation is 2. The Morgan fingerprint density at radius 2 is 1.88 bits per heavy atom. The van der Waals surface area contributed by atoms with Gasteiger partial charge in [0, 0.05) is 18.5 Å². The summed E-state index contributed by atoms with van der Waals surface area (Å²) >= 11 is 1.60. The van der Waals surface area contributed by atoms with Crippen LogP contribution in [0.3, 0.4) is 0 Å². The average Bonchev–Trinajstić information content (AvgIpc) is 2.85. The largest absolute Gasteiger partial charge is 0.416 e. The predicted octanol–water partition coefficient (Wildman–Crippen LogP) is 4.26. The van der Waals surface area contributed by atoms with Gasteiger partial charge in [-0.2, -0.15) is 13.2 Å². The van der Waals surface area contributed by atoms with Crippen molar-refractivity contribution in [1.82, 2.24) is 15.6 Å². The molecule has 25 heavy (non-hydrogen) atoms. The number of thiazole rings is 1. The van der Waals surface area contributed by atoms with Crippen LogP contribution in [0.1, 0.15) is 26.7 Å². The Kier molecular flexibility index (Phi) is 8.13. The first-order valence-electron chi connectivity index (χ1n) is 7.33. The van der Waals surface area contributed by atoms with Gasteiger partial charge in [-0.15, -0.1) is 35.3 Å². The number of benzene rings is 1. The highest BCUT2D eigenvalue weighted by Gasteiger charge is 2.30. The van der Waals surface area contributed by atoms with Crippen molar-refractivity contribution >= 4 is 41.3 Å². The summed E-state index contributed by atoms with van der Waals surface area (Å²) in [6.07, 6.45) is -4.34. The minimum absolute atomic E-state index is 0. The third-order valence-corrected chi connectivity index (χ3v) is 4.43. The molecule has 0 unspecified atom stereocenters. The van der Waals surface area contributed by atoms with Gasteiger partial charge in [0.15, 0.2) is 5.96 Å². The van der Waals surface area contributed by atoms with Crippen LogP contribution in [0.25, 0.3) is 0 Å². The summed E-state index contributed by atoms with van der Waals surface area (Å²) in [5.41, 5.74) is 0.858. The number of nitrogens with zero attached hydrogens (tertiary/aromatic N) is 2. The number of hydrogen-bond acceptors (Lipinski definition) is 3. The van der Waals surface area contributed by atoms with E-state index in [-0.39, 0.29) is 30.5 Å². The second-order valence-electron chi connectivity index (χ2n) is 5.22. The highest BCUT2D eigenvalue weighted by molar-refractivity contribution is 14.0. The van der Waals surface area contributed by atoms with E-state index in [1.807, 2.05) is 13.8 Å². The third-order valence-electron chi connectivity index (χ3n) is 3.35. The second-order valence-corrected chi connectivity index (χ2v) is 6.51. The van der Waals surface area contributed by atoms with E-state index in [1.54, 1.807) is 24.5 Å². The number of rotatable bonds is 4. The Balaban J connectivity index is 0.00000312. The molecule has 0 fully saturated rings. The minimum atomic E-state index is -4.34. The van der Waals surface area contributed by atoms with E-state index in [0.717, 1.165) is 27.7 Å². The molecule has 0 spiro atoms. The molecule has 0 aliphatic heterocycles. The Labute approximate surface area is 166 Å². The molecule has 0 bridgehead atoms. The van der Waals surface area contributed by atoms with Crippen LogP contribution in [0.5, 0.6) is 0 Å². The fourth-order valence-corrected chi connectivity index (χ4v) is 3.04. The van der Waals surface area contributed by atoms with Crippen LogP contribution in [0.2, 0.25) is 0 Å². The van der Waals surface area contributed by atoms with E-state index >= 15 is 0 Å². The van der Waals surface area contributed by atoms with Crippen molar-refractivity contribution in [3.8, 4) is 0 Å². The third kappa shape index (κ3) is 6.46. The molecular weight excluding hydrogens is 464 g/mol. The molecule has 138 valence electrons. The van der Waals surface area contributed by atoms with Crippen LogP contribution in [0.15, 0.2) is 29.3 Å². The van der Waals surface area contributed by atoms with Crippen LogP contribution in [-0.2, 0) is 19.3 Å². The van der Waals surface area contributed by atoms with E-state index in [4.69, 9.17) is 0 Å². The van der Waals surface area contributed by atoms with E-state index in [9.17, 15) is 13.2 Å². The molecular formula is C16H20F3IN4S. The maximum atomic E-state index is 12.7. The minimum Gasteiger partial charge on any atom is -0.352 e. The van der Waals surface area contributed by atoms with Gasteiger partial charge in [-0.05, 0) is 31.5 Å². The number of aromatic nitrogens is 1. The Morgan fingerprint density at radius 3 is 2.44 bits per heavy atom. The number of alkyl halides is 3. The normalized spacial score (nSPS) is 11.8. The summed E-state index contributed by atoms with van der Waals surface area (Å²) < 4.78 is 38.2. The van der Waals surface area contributed by atoms with Crippen molar-refractivity contribution in [3.63, 3.8) is 0 Å². The second kappa shape index (κ2) is 9.37.